The summed E-state index contributed by atoms with van der Waals surface area (Å²) in [5, 5.41) is 7.23. The maximum Gasteiger partial charge on any atom is 0.272 e. The summed E-state index contributed by atoms with van der Waals surface area (Å²) in [6.07, 6.45) is 3.35. The number of aromatic amines is 1. The van der Waals surface area contributed by atoms with Crippen molar-refractivity contribution in [2.24, 2.45) is 0 Å². The third-order valence-corrected chi connectivity index (χ3v) is 4.58. The van der Waals surface area contributed by atoms with Crippen molar-refractivity contribution in [3.05, 3.63) is 41.6 Å². The molecule has 0 saturated carbocycles. The SMILES string of the molecule is Cc1ccc(-c2cc(C(=O)N3[C@@H](C)CCC[C@@H]3C)[nH]n2)cc1. The molecule has 1 aliphatic rings. The molecule has 2 aromatic rings. The van der Waals surface area contributed by atoms with Crippen LogP contribution >= 0.6 is 0 Å². The van der Waals surface area contributed by atoms with Crippen LogP contribution in [0.5, 0.6) is 0 Å². The molecule has 2 atom stereocenters. The fourth-order valence-electron chi connectivity index (χ4n) is 3.26. The number of nitrogens with zero attached hydrogens (tertiary/aromatic N) is 2. The topological polar surface area (TPSA) is 49.0 Å². The Labute approximate surface area is 131 Å². The van der Waals surface area contributed by atoms with Crippen LogP contribution in [0, 0.1) is 6.92 Å². The van der Waals surface area contributed by atoms with Gasteiger partial charge in [-0.15, -0.1) is 0 Å². The molecule has 1 N–H and O–H groups in total. The third kappa shape index (κ3) is 2.78. The summed E-state index contributed by atoms with van der Waals surface area (Å²) in [4.78, 5) is 14.8. The number of benzene rings is 1. The number of aromatic nitrogens is 2. The van der Waals surface area contributed by atoms with Crippen LogP contribution in [0.3, 0.4) is 0 Å². The molecule has 0 aliphatic carbocycles. The molecule has 0 bridgehead atoms. The lowest BCUT2D eigenvalue weighted by Gasteiger charge is -2.38. The van der Waals surface area contributed by atoms with E-state index in [4.69, 9.17) is 0 Å². The van der Waals surface area contributed by atoms with Crippen LogP contribution in [-0.2, 0) is 0 Å². The number of rotatable bonds is 2. The lowest BCUT2D eigenvalue weighted by atomic mass is 9.97. The maximum atomic E-state index is 12.8. The Morgan fingerprint density at radius 1 is 1.18 bits per heavy atom. The van der Waals surface area contributed by atoms with Gasteiger partial charge < -0.3 is 4.90 Å². The van der Waals surface area contributed by atoms with Gasteiger partial charge in [0.2, 0.25) is 0 Å². The quantitative estimate of drug-likeness (QED) is 0.917. The summed E-state index contributed by atoms with van der Waals surface area (Å²) in [7, 11) is 0. The summed E-state index contributed by atoms with van der Waals surface area (Å²) in [6, 6.07) is 10.6. The van der Waals surface area contributed by atoms with E-state index in [1.54, 1.807) is 0 Å². The first kappa shape index (κ1) is 14.8. The molecular weight excluding hydrogens is 274 g/mol. The average molecular weight is 297 g/mol. The van der Waals surface area contributed by atoms with Crippen LogP contribution in [0.2, 0.25) is 0 Å². The molecule has 2 heterocycles. The normalized spacial score (nSPS) is 21.9. The zero-order valence-corrected chi connectivity index (χ0v) is 13.5. The van der Waals surface area contributed by atoms with Crippen molar-refractivity contribution >= 4 is 5.91 Å². The van der Waals surface area contributed by atoms with Gasteiger partial charge in [0.25, 0.3) is 5.91 Å². The van der Waals surface area contributed by atoms with E-state index in [9.17, 15) is 4.79 Å². The second kappa shape index (κ2) is 5.95. The predicted octanol–water partition coefficient (Wildman–Crippen LogP) is 3.79. The van der Waals surface area contributed by atoms with Crippen molar-refractivity contribution in [1.82, 2.24) is 15.1 Å². The van der Waals surface area contributed by atoms with Crippen LogP contribution < -0.4 is 0 Å². The molecule has 1 aliphatic heterocycles. The molecule has 4 nitrogen and oxygen atoms in total. The van der Waals surface area contributed by atoms with Crippen LogP contribution in [0.15, 0.2) is 30.3 Å². The molecule has 1 fully saturated rings. The lowest BCUT2D eigenvalue weighted by molar-refractivity contribution is 0.0504. The second-order valence-electron chi connectivity index (χ2n) is 6.37. The summed E-state index contributed by atoms with van der Waals surface area (Å²) >= 11 is 0. The van der Waals surface area contributed by atoms with E-state index in [1.165, 1.54) is 12.0 Å². The van der Waals surface area contributed by atoms with Crippen LogP contribution in [0.1, 0.15) is 49.2 Å². The Morgan fingerprint density at radius 3 is 2.45 bits per heavy atom. The minimum absolute atomic E-state index is 0.0607. The van der Waals surface area contributed by atoms with Gasteiger partial charge in [-0.3, -0.25) is 9.89 Å². The highest BCUT2D eigenvalue weighted by atomic mass is 16.2. The van der Waals surface area contributed by atoms with Gasteiger partial charge in [-0.2, -0.15) is 5.10 Å². The van der Waals surface area contributed by atoms with Crippen molar-refractivity contribution in [2.45, 2.75) is 52.1 Å². The van der Waals surface area contributed by atoms with Crippen LogP contribution in [0.4, 0.5) is 0 Å². The van der Waals surface area contributed by atoms with E-state index >= 15 is 0 Å². The third-order valence-electron chi connectivity index (χ3n) is 4.58. The molecule has 0 radical (unpaired) electrons. The smallest absolute Gasteiger partial charge is 0.272 e. The van der Waals surface area contributed by atoms with Gasteiger partial charge in [-0.1, -0.05) is 29.8 Å². The monoisotopic (exact) mass is 297 g/mol. The minimum Gasteiger partial charge on any atom is -0.332 e. The van der Waals surface area contributed by atoms with Gasteiger partial charge in [0, 0.05) is 17.6 Å². The molecule has 1 amide bonds. The molecule has 0 spiro atoms. The Kier molecular flexibility index (Phi) is 4.01. The number of likely N-dealkylation sites (tertiary alicyclic amines) is 1. The predicted molar refractivity (Wildman–Crippen MR) is 87.7 cm³/mol. The van der Waals surface area contributed by atoms with Gasteiger partial charge in [0.05, 0.1) is 5.69 Å². The molecule has 1 aromatic carbocycles. The van der Waals surface area contributed by atoms with E-state index in [2.05, 4.69) is 43.1 Å². The lowest BCUT2D eigenvalue weighted by Crippen LogP contribution is -2.47. The number of H-pyrrole nitrogens is 1. The van der Waals surface area contributed by atoms with Crippen LogP contribution in [0.25, 0.3) is 11.3 Å². The maximum absolute atomic E-state index is 12.8. The number of piperidine rings is 1. The zero-order valence-electron chi connectivity index (χ0n) is 13.5. The summed E-state index contributed by atoms with van der Waals surface area (Å²) < 4.78 is 0. The van der Waals surface area contributed by atoms with E-state index in [1.807, 2.05) is 23.1 Å². The molecule has 22 heavy (non-hydrogen) atoms. The highest BCUT2D eigenvalue weighted by Crippen LogP contribution is 2.25. The average Bonchev–Trinajstić information content (AvgIpc) is 2.97. The first-order valence-corrected chi connectivity index (χ1v) is 8.01. The van der Waals surface area contributed by atoms with Gasteiger partial charge in [-0.25, -0.2) is 0 Å². The molecular formula is C18H23N3O. The highest BCUT2D eigenvalue weighted by Gasteiger charge is 2.30. The number of amides is 1. The minimum atomic E-state index is 0.0607. The fourth-order valence-corrected chi connectivity index (χ4v) is 3.26. The standard InChI is InChI=1S/C18H23N3O/c1-12-7-9-15(10-8-12)16-11-17(20-19-16)18(22)21-13(2)5-4-6-14(21)3/h7-11,13-14H,4-6H2,1-3H3,(H,19,20)/t13-,14-/m0/s1. The first-order valence-electron chi connectivity index (χ1n) is 8.01. The number of hydrogen-bond acceptors (Lipinski definition) is 2. The summed E-state index contributed by atoms with van der Waals surface area (Å²) in [5.74, 6) is 0.0607. The number of carbonyl (C=O) groups excluding carboxylic acids is 1. The van der Waals surface area contributed by atoms with Crippen molar-refractivity contribution < 1.29 is 4.79 Å². The number of nitrogens with one attached hydrogen (secondary N) is 1. The first-order chi connectivity index (χ1) is 10.6. The van der Waals surface area contributed by atoms with Crippen molar-refractivity contribution in [2.75, 3.05) is 0 Å². The highest BCUT2D eigenvalue weighted by molar-refractivity contribution is 5.93. The molecule has 1 saturated heterocycles. The number of carbonyl (C=O) groups is 1. The van der Waals surface area contributed by atoms with Gasteiger partial charge in [0.1, 0.15) is 5.69 Å². The van der Waals surface area contributed by atoms with Crippen molar-refractivity contribution in [3.63, 3.8) is 0 Å². The van der Waals surface area contributed by atoms with Gasteiger partial charge >= 0.3 is 0 Å². The van der Waals surface area contributed by atoms with E-state index in [-0.39, 0.29) is 5.91 Å². The summed E-state index contributed by atoms with van der Waals surface area (Å²) in [6.45, 7) is 6.32. The Bertz CT molecular complexity index is 649. The Balaban J connectivity index is 1.83. The van der Waals surface area contributed by atoms with E-state index < -0.39 is 0 Å². The molecule has 116 valence electrons. The Morgan fingerprint density at radius 2 is 1.82 bits per heavy atom. The zero-order chi connectivity index (χ0) is 15.7. The van der Waals surface area contributed by atoms with Crippen molar-refractivity contribution in [3.8, 4) is 11.3 Å². The number of aryl methyl sites for hydroxylation is 1. The molecule has 3 rings (SSSR count). The number of hydrogen-bond donors (Lipinski definition) is 1. The van der Waals surface area contributed by atoms with Gasteiger partial charge in [-0.05, 0) is 46.1 Å². The van der Waals surface area contributed by atoms with Crippen LogP contribution in [-0.4, -0.2) is 33.1 Å². The molecule has 0 unspecified atom stereocenters. The fraction of sp³-hybridized carbons (Fsp3) is 0.444. The molecule has 1 aromatic heterocycles. The summed E-state index contributed by atoms with van der Waals surface area (Å²) in [5.41, 5.74) is 3.64. The van der Waals surface area contributed by atoms with E-state index in [0.29, 0.717) is 17.8 Å². The van der Waals surface area contributed by atoms with Crippen molar-refractivity contribution in [1.29, 1.82) is 0 Å². The van der Waals surface area contributed by atoms with Gasteiger partial charge in [0.15, 0.2) is 0 Å². The van der Waals surface area contributed by atoms with E-state index in [0.717, 1.165) is 24.1 Å². The molecule has 4 heteroatoms. The Hall–Kier alpha value is -2.10. The largest absolute Gasteiger partial charge is 0.332 e. The second-order valence-corrected chi connectivity index (χ2v) is 6.37.